The second-order valence-electron chi connectivity index (χ2n) is 5.11. The highest BCUT2D eigenvalue weighted by Gasteiger charge is 2.28. The van der Waals surface area contributed by atoms with Crippen molar-refractivity contribution in [3.8, 4) is 0 Å². The average molecular weight is 378 g/mol. The fraction of sp³-hybridized carbons (Fsp3) is 0.500. The third kappa shape index (κ3) is 2.48. The molecule has 0 bridgehead atoms. The van der Waals surface area contributed by atoms with Crippen LogP contribution in [0.3, 0.4) is 0 Å². The first-order valence-electron chi connectivity index (χ1n) is 6.58. The van der Waals surface area contributed by atoms with Crippen LogP contribution in [0.5, 0.6) is 0 Å². The number of fused-ring (bicyclic) bond motifs is 1. The fourth-order valence-electron chi connectivity index (χ4n) is 3.01. The van der Waals surface area contributed by atoms with E-state index in [1.165, 1.54) is 12.5 Å². The first-order valence-corrected chi connectivity index (χ1v) is 9.20. The summed E-state index contributed by atoms with van der Waals surface area (Å²) in [6.45, 7) is 0. The van der Waals surface area contributed by atoms with E-state index in [9.17, 15) is 4.39 Å². The number of aromatic nitrogens is 2. The van der Waals surface area contributed by atoms with Crippen LogP contribution in [0.15, 0.2) is 16.6 Å². The third-order valence-corrected chi connectivity index (χ3v) is 5.92. The van der Waals surface area contributed by atoms with Crippen molar-refractivity contribution < 1.29 is 4.39 Å². The molecule has 0 spiro atoms. The van der Waals surface area contributed by atoms with Gasteiger partial charge >= 0.3 is 0 Å². The zero-order chi connectivity index (χ0) is 14.3. The van der Waals surface area contributed by atoms with Gasteiger partial charge in [-0.15, -0.1) is 11.6 Å². The number of thioether (sulfide) groups is 1. The highest BCUT2D eigenvalue weighted by Crippen LogP contribution is 2.39. The van der Waals surface area contributed by atoms with Crippen molar-refractivity contribution in [1.82, 2.24) is 9.55 Å². The summed E-state index contributed by atoms with van der Waals surface area (Å²) in [4.78, 5) is 4.49. The Labute approximate surface area is 135 Å². The van der Waals surface area contributed by atoms with E-state index < -0.39 is 0 Å². The van der Waals surface area contributed by atoms with E-state index in [1.807, 2.05) is 17.8 Å². The molecule has 1 fully saturated rings. The summed E-state index contributed by atoms with van der Waals surface area (Å²) in [5.74, 6) is 0.913. The van der Waals surface area contributed by atoms with Gasteiger partial charge in [0, 0.05) is 17.4 Å². The molecule has 6 heteroatoms. The van der Waals surface area contributed by atoms with Gasteiger partial charge < -0.3 is 4.57 Å². The monoisotopic (exact) mass is 376 g/mol. The van der Waals surface area contributed by atoms with E-state index in [1.54, 1.807) is 0 Å². The Bertz CT molecular complexity index is 646. The van der Waals surface area contributed by atoms with Gasteiger partial charge in [-0.05, 0) is 47.5 Å². The minimum atomic E-state index is -0.281. The topological polar surface area (TPSA) is 17.8 Å². The predicted molar refractivity (Wildman–Crippen MR) is 87.1 cm³/mol. The molecule has 20 heavy (non-hydrogen) atoms. The van der Waals surface area contributed by atoms with Crippen molar-refractivity contribution in [2.45, 2.75) is 36.4 Å². The Kier molecular flexibility index (Phi) is 4.29. The largest absolute Gasteiger partial charge is 0.324 e. The Hall–Kier alpha value is -0.260. The first kappa shape index (κ1) is 14.7. The summed E-state index contributed by atoms with van der Waals surface area (Å²) in [5, 5.41) is 0.699. The Morgan fingerprint density at radius 1 is 1.50 bits per heavy atom. The van der Waals surface area contributed by atoms with Gasteiger partial charge in [0.25, 0.3) is 0 Å². The zero-order valence-electron chi connectivity index (χ0n) is 11.1. The molecule has 0 N–H and O–H groups in total. The summed E-state index contributed by atoms with van der Waals surface area (Å²) in [7, 11) is 0. The number of hydrogen-bond acceptors (Lipinski definition) is 2. The minimum absolute atomic E-state index is 0.281. The van der Waals surface area contributed by atoms with Crippen molar-refractivity contribution in [3.05, 3.63) is 28.2 Å². The predicted octanol–water partition coefficient (Wildman–Crippen LogP) is 5.13. The van der Waals surface area contributed by atoms with E-state index in [-0.39, 0.29) is 5.82 Å². The van der Waals surface area contributed by atoms with Crippen LogP contribution >= 0.6 is 39.3 Å². The van der Waals surface area contributed by atoms with Gasteiger partial charge in [0.2, 0.25) is 0 Å². The lowest BCUT2D eigenvalue weighted by Gasteiger charge is -2.16. The molecule has 0 saturated heterocycles. The van der Waals surface area contributed by atoms with Crippen molar-refractivity contribution in [3.63, 3.8) is 0 Å². The lowest BCUT2D eigenvalue weighted by molar-refractivity contribution is 0.519. The van der Waals surface area contributed by atoms with E-state index in [0.717, 1.165) is 24.2 Å². The average Bonchev–Trinajstić information content (AvgIpc) is 3.03. The standard InChI is InChI=1S/C14H15BrClFN2S/c1-20-9-3-2-8(4-9)19-13-5-10(15)11(17)6-12(13)18-14(19)7-16/h5-6,8-9H,2-4,7H2,1H3. The van der Waals surface area contributed by atoms with Crippen molar-refractivity contribution in [2.75, 3.05) is 6.26 Å². The molecule has 1 aliphatic rings. The quantitative estimate of drug-likeness (QED) is 0.690. The molecule has 0 radical (unpaired) electrons. The Balaban J connectivity index is 2.11. The maximum atomic E-state index is 13.7. The second-order valence-corrected chi connectivity index (χ2v) is 7.37. The summed E-state index contributed by atoms with van der Waals surface area (Å²) in [6, 6.07) is 3.72. The summed E-state index contributed by atoms with van der Waals surface area (Å²) in [6.07, 6.45) is 5.64. The van der Waals surface area contributed by atoms with Gasteiger partial charge in [0.05, 0.1) is 21.4 Å². The minimum Gasteiger partial charge on any atom is -0.324 e. The van der Waals surface area contributed by atoms with E-state index >= 15 is 0 Å². The molecule has 2 unspecified atom stereocenters. The Morgan fingerprint density at radius 2 is 2.30 bits per heavy atom. The van der Waals surface area contributed by atoms with Gasteiger partial charge in [-0.25, -0.2) is 9.37 Å². The van der Waals surface area contributed by atoms with Gasteiger partial charge in [-0.1, -0.05) is 0 Å². The smallest absolute Gasteiger partial charge is 0.139 e. The van der Waals surface area contributed by atoms with Gasteiger partial charge in [-0.3, -0.25) is 0 Å². The van der Waals surface area contributed by atoms with Gasteiger partial charge in [0.15, 0.2) is 0 Å². The molecule has 2 nitrogen and oxygen atoms in total. The van der Waals surface area contributed by atoms with Crippen LogP contribution in [0.2, 0.25) is 0 Å². The molecule has 1 aromatic carbocycles. The molecule has 2 atom stereocenters. The van der Waals surface area contributed by atoms with Crippen LogP contribution in [-0.2, 0) is 5.88 Å². The number of benzene rings is 1. The molecule has 1 heterocycles. The van der Waals surface area contributed by atoms with Gasteiger partial charge in [0.1, 0.15) is 11.6 Å². The highest BCUT2D eigenvalue weighted by molar-refractivity contribution is 9.10. The maximum Gasteiger partial charge on any atom is 0.139 e. The Morgan fingerprint density at radius 3 is 2.95 bits per heavy atom. The second kappa shape index (κ2) is 5.85. The SMILES string of the molecule is CSC1CCC(n2c(CCl)nc3cc(F)c(Br)cc32)C1. The molecular formula is C14H15BrClFN2S. The normalized spacial score (nSPS) is 22.8. The van der Waals surface area contributed by atoms with Crippen LogP contribution in [0.4, 0.5) is 4.39 Å². The first-order chi connectivity index (χ1) is 9.63. The number of halogens is 3. The number of alkyl halides is 1. The fourth-order valence-corrected chi connectivity index (χ4v) is 4.31. The summed E-state index contributed by atoms with van der Waals surface area (Å²) in [5.41, 5.74) is 1.66. The van der Waals surface area contributed by atoms with E-state index in [0.29, 0.717) is 27.2 Å². The van der Waals surface area contributed by atoms with Gasteiger partial charge in [-0.2, -0.15) is 11.8 Å². The molecule has 1 aromatic heterocycles. The lowest BCUT2D eigenvalue weighted by Crippen LogP contribution is -2.09. The van der Waals surface area contributed by atoms with Crippen molar-refractivity contribution >= 4 is 50.3 Å². The molecule has 1 saturated carbocycles. The molecule has 1 aliphatic carbocycles. The van der Waals surface area contributed by atoms with Crippen molar-refractivity contribution in [2.24, 2.45) is 0 Å². The summed E-state index contributed by atoms with van der Waals surface area (Å²) < 4.78 is 16.3. The lowest BCUT2D eigenvalue weighted by atomic mass is 10.2. The van der Waals surface area contributed by atoms with Crippen LogP contribution < -0.4 is 0 Å². The number of rotatable bonds is 3. The summed E-state index contributed by atoms with van der Waals surface area (Å²) >= 11 is 11.2. The molecule has 0 aliphatic heterocycles. The number of imidazole rings is 1. The molecule has 3 rings (SSSR count). The van der Waals surface area contributed by atoms with Crippen molar-refractivity contribution in [1.29, 1.82) is 0 Å². The maximum absolute atomic E-state index is 13.7. The zero-order valence-corrected chi connectivity index (χ0v) is 14.2. The highest BCUT2D eigenvalue weighted by atomic mass is 79.9. The number of hydrogen-bond donors (Lipinski definition) is 0. The molecular weight excluding hydrogens is 363 g/mol. The third-order valence-electron chi connectivity index (χ3n) is 3.98. The number of nitrogens with zero attached hydrogens (tertiary/aromatic N) is 2. The van der Waals surface area contributed by atoms with Crippen LogP contribution in [-0.4, -0.2) is 21.1 Å². The van der Waals surface area contributed by atoms with E-state index in [4.69, 9.17) is 11.6 Å². The van der Waals surface area contributed by atoms with Crippen LogP contribution in [0.1, 0.15) is 31.1 Å². The van der Waals surface area contributed by atoms with Crippen LogP contribution in [0.25, 0.3) is 11.0 Å². The van der Waals surface area contributed by atoms with Crippen LogP contribution in [0, 0.1) is 5.82 Å². The molecule has 108 valence electrons. The van der Waals surface area contributed by atoms with E-state index in [2.05, 4.69) is 31.7 Å². The molecule has 0 amide bonds. The molecule has 2 aromatic rings.